The van der Waals surface area contributed by atoms with Crippen LogP contribution in [0.3, 0.4) is 0 Å². The quantitative estimate of drug-likeness (QED) is 0.487. The Labute approximate surface area is 168 Å². The number of aryl methyl sites for hydroxylation is 1. The van der Waals surface area contributed by atoms with Gasteiger partial charge in [-0.3, -0.25) is 9.59 Å². The minimum Gasteiger partial charge on any atom is -0.507 e. The molecule has 2 aliphatic rings. The fourth-order valence-electron chi connectivity index (χ4n) is 3.96. The van der Waals surface area contributed by atoms with E-state index in [-0.39, 0.29) is 29.5 Å². The van der Waals surface area contributed by atoms with E-state index in [2.05, 4.69) is 0 Å². The van der Waals surface area contributed by atoms with E-state index < -0.39 is 23.5 Å². The van der Waals surface area contributed by atoms with E-state index in [9.17, 15) is 19.1 Å². The predicted molar refractivity (Wildman–Crippen MR) is 106 cm³/mol. The van der Waals surface area contributed by atoms with Crippen LogP contribution in [-0.2, 0) is 14.3 Å². The van der Waals surface area contributed by atoms with E-state index in [1.54, 1.807) is 36.4 Å². The molecule has 5 nitrogen and oxygen atoms in total. The first-order chi connectivity index (χ1) is 14.0. The van der Waals surface area contributed by atoms with E-state index in [0.717, 1.165) is 18.4 Å². The van der Waals surface area contributed by atoms with Gasteiger partial charge in [0, 0.05) is 24.3 Å². The van der Waals surface area contributed by atoms with E-state index in [1.807, 2.05) is 6.92 Å². The van der Waals surface area contributed by atoms with E-state index >= 15 is 0 Å². The number of amides is 1. The van der Waals surface area contributed by atoms with Crippen molar-refractivity contribution in [3.05, 3.63) is 76.6 Å². The first kappa shape index (κ1) is 19.3. The molecule has 2 fully saturated rings. The monoisotopic (exact) mass is 395 g/mol. The van der Waals surface area contributed by atoms with Gasteiger partial charge in [0.15, 0.2) is 0 Å². The van der Waals surface area contributed by atoms with E-state index in [0.29, 0.717) is 12.2 Å². The molecule has 1 amide bonds. The fraction of sp³-hybridized carbons (Fsp3) is 0.304. The molecule has 0 aromatic heterocycles. The Morgan fingerprint density at radius 2 is 1.90 bits per heavy atom. The molecule has 0 spiro atoms. The van der Waals surface area contributed by atoms with Crippen LogP contribution in [0.4, 0.5) is 4.39 Å². The molecule has 4 rings (SSSR count). The lowest BCUT2D eigenvalue weighted by atomic mass is 9.94. The maximum Gasteiger partial charge on any atom is 0.295 e. The summed E-state index contributed by atoms with van der Waals surface area (Å²) in [7, 11) is 0. The average Bonchev–Trinajstić information content (AvgIpc) is 3.31. The summed E-state index contributed by atoms with van der Waals surface area (Å²) in [4.78, 5) is 27.1. The standard InChI is InChI=1S/C23H22FNO4/c1-14-8-10-15(11-9-14)21(26)19-20(17-6-2-3-7-18(17)24)25(23(28)22(19)27)13-16-5-4-12-29-16/h2-3,6-11,16,20,26H,4-5,12-13H2,1H3/b21-19-. The normalized spacial score (nSPS) is 23.7. The molecule has 0 bridgehead atoms. The highest BCUT2D eigenvalue weighted by Crippen LogP contribution is 2.40. The molecule has 2 saturated heterocycles. The van der Waals surface area contributed by atoms with Crippen molar-refractivity contribution in [3.8, 4) is 0 Å². The number of ether oxygens (including phenoxy) is 1. The summed E-state index contributed by atoms with van der Waals surface area (Å²) in [5, 5.41) is 10.9. The first-order valence-corrected chi connectivity index (χ1v) is 9.69. The van der Waals surface area contributed by atoms with E-state index in [1.165, 1.54) is 17.0 Å². The van der Waals surface area contributed by atoms with Gasteiger partial charge >= 0.3 is 0 Å². The number of aliphatic hydroxyl groups is 1. The summed E-state index contributed by atoms with van der Waals surface area (Å²) in [6.07, 6.45) is 1.44. The maximum absolute atomic E-state index is 14.7. The van der Waals surface area contributed by atoms with Gasteiger partial charge in [0.1, 0.15) is 11.6 Å². The zero-order chi connectivity index (χ0) is 20.5. The number of ketones is 1. The van der Waals surface area contributed by atoms with Crippen molar-refractivity contribution in [2.24, 2.45) is 0 Å². The van der Waals surface area contributed by atoms with Gasteiger partial charge < -0.3 is 14.7 Å². The van der Waals surface area contributed by atoms with Crippen LogP contribution in [0.25, 0.3) is 5.76 Å². The van der Waals surface area contributed by atoms with Crippen LogP contribution in [0.15, 0.2) is 54.1 Å². The molecule has 0 saturated carbocycles. The molecular formula is C23H22FNO4. The summed E-state index contributed by atoms with van der Waals surface area (Å²) in [5.41, 5.74) is 1.48. The van der Waals surface area contributed by atoms with Crippen molar-refractivity contribution < 1.29 is 23.8 Å². The SMILES string of the molecule is Cc1ccc(/C(O)=C2/C(=O)C(=O)N(CC3CCCO3)C2c2ccccc2F)cc1. The summed E-state index contributed by atoms with van der Waals surface area (Å²) in [6.45, 7) is 2.68. The third-order valence-corrected chi connectivity index (χ3v) is 5.49. The Morgan fingerprint density at radius 3 is 2.55 bits per heavy atom. The fourth-order valence-corrected chi connectivity index (χ4v) is 3.96. The van der Waals surface area contributed by atoms with Crippen LogP contribution in [0.5, 0.6) is 0 Å². The molecule has 2 aliphatic heterocycles. The second kappa shape index (κ2) is 7.79. The van der Waals surface area contributed by atoms with Crippen LogP contribution in [0.2, 0.25) is 0 Å². The number of Topliss-reactive ketones (excluding diaryl/α,β-unsaturated/α-hetero) is 1. The highest BCUT2D eigenvalue weighted by atomic mass is 19.1. The van der Waals surface area contributed by atoms with Crippen LogP contribution >= 0.6 is 0 Å². The number of likely N-dealkylation sites (tertiary alicyclic amines) is 1. The number of nitrogens with zero attached hydrogens (tertiary/aromatic N) is 1. The smallest absolute Gasteiger partial charge is 0.295 e. The highest BCUT2D eigenvalue weighted by molar-refractivity contribution is 6.46. The van der Waals surface area contributed by atoms with Crippen LogP contribution in [0.1, 0.15) is 35.6 Å². The Hall–Kier alpha value is -2.99. The van der Waals surface area contributed by atoms with E-state index in [4.69, 9.17) is 4.74 Å². The number of rotatable bonds is 4. The minimum absolute atomic E-state index is 0.0954. The van der Waals surface area contributed by atoms with Crippen molar-refractivity contribution in [2.45, 2.75) is 31.9 Å². The molecule has 150 valence electrons. The Bertz CT molecular complexity index is 977. The first-order valence-electron chi connectivity index (χ1n) is 9.69. The molecule has 29 heavy (non-hydrogen) atoms. The second-order valence-electron chi connectivity index (χ2n) is 7.47. The van der Waals surface area contributed by atoms with Gasteiger partial charge in [-0.2, -0.15) is 0 Å². The lowest BCUT2D eigenvalue weighted by Gasteiger charge is -2.27. The van der Waals surface area contributed by atoms with Gasteiger partial charge in [0.25, 0.3) is 11.7 Å². The summed E-state index contributed by atoms with van der Waals surface area (Å²) >= 11 is 0. The average molecular weight is 395 g/mol. The Balaban J connectivity index is 1.84. The number of aliphatic hydroxyl groups excluding tert-OH is 1. The molecule has 2 unspecified atom stereocenters. The molecule has 1 N–H and O–H groups in total. The number of hydrogen-bond acceptors (Lipinski definition) is 4. The number of carbonyl (C=O) groups is 2. The second-order valence-corrected chi connectivity index (χ2v) is 7.47. The summed E-state index contributed by atoms with van der Waals surface area (Å²) in [6, 6.07) is 12.0. The zero-order valence-corrected chi connectivity index (χ0v) is 16.1. The summed E-state index contributed by atoms with van der Waals surface area (Å²) in [5.74, 6) is -2.39. The Kier molecular flexibility index (Phi) is 5.20. The van der Waals surface area contributed by atoms with Crippen LogP contribution in [-0.4, -0.2) is 41.0 Å². The Morgan fingerprint density at radius 1 is 1.17 bits per heavy atom. The van der Waals surface area contributed by atoms with Gasteiger partial charge in [-0.1, -0.05) is 48.0 Å². The third kappa shape index (κ3) is 3.56. The highest BCUT2D eigenvalue weighted by Gasteiger charge is 2.47. The van der Waals surface area contributed by atoms with Gasteiger partial charge in [-0.05, 0) is 25.8 Å². The van der Waals surface area contributed by atoms with Gasteiger partial charge in [0.2, 0.25) is 0 Å². The lowest BCUT2D eigenvalue weighted by molar-refractivity contribution is -0.140. The van der Waals surface area contributed by atoms with Crippen molar-refractivity contribution in [1.82, 2.24) is 4.90 Å². The van der Waals surface area contributed by atoms with Crippen molar-refractivity contribution in [1.29, 1.82) is 0 Å². The van der Waals surface area contributed by atoms with Gasteiger partial charge in [-0.15, -0.1) is 0 Å². The van der Waals surface area contributed by atoms with Crippen LogP contribution < -0.4 is 0 Å². The van der Waals surface area contributed by atoms with Crippen molar-refractivity contribution in [3.63, 3.8) is 0 Å². The van der Waals surface area contributed by atoms with Crippen molar-refractivity contribution in [2.75, 3.05) is 13.2 Å². The largest absolute Gasteiger partial charge is 0.507 e. The minimum atomic E-state index is -0.998. The number of benzene rings is 2. The van der Waals surface area contributed by atoms with Crippen LogP contribution in [0, 0.1) is 12.7 Å². The molecule has 0 radical (unpaired) electrons. The van der Waals surface area contributed by atoms with Gasteiger partial charge in [-0.25, -0.2) is 4.39 Å². The predicted octanol–water partition coefficient (Wildman–Crippen LogP) is 3.73. The van der Waals surface area contributed by atoms with Crippen molar-refractivity contribution >= 4 is 17.4 Å². The topological polar surface area (TPSA) is 66.8 Å². The molecule has 6 heteroatoms. The molecular weight excluding hydrogens is 373 g/mol. The zero-order valence-electron chi connectivity index (χ0n) is 16.1. The lowest BCUT2D eigenvalue weighted by Crippen LogP contribution is -2.36. The molecule has 2 atom stereocenters. The molecule has 0 aliphatic carbocycles. The number of carbonyl (C=O) groups excluding carboxylic acids is 2. The third-order valence-electron chi connectivity index (χ3n) is 5.49. The molecule has 2 aromatic rings. The van der Waals surface area contributed by atoms with Gasteiger partial charge in [0.05, 0.1) is 17.7 Å². The number of halogens is 1. The molecule has 2 aromatic carbocycles. The molecule has 2 heterocycles. The summed E-state index contributed by atoms with van der Waals surface area (Å²) < 4.78 is 20.3. The number of hydrogen-bond donors (Lipinski definition) is 1. The maximum atomic E-state index is 14.7.